The van der Waals surface area contributed by atoms with Gasteiger partial charge in [0.05, 0.1) is 4.92 Å². The number of hydrogen-bond acceptors (Lipinski definition) is 4. The van der Waals surface area contributed by atoms with Crippen molar-refractivity contribution in [2.45, 2.75) is 19.8 Å². The zero-order chi connectivity index (χ0) is 14.3. The van der Waals surface area contributed by atoms with E-state index in [2.05, 4.69) is 10.6 Å². The van der Waals surface area contributed by atoms with Crippen molar-refractivity contribution in [2.24, 2.45) is 0 Å². The van der Waals surface area contributed by atoms with Crippen molar-refractivity contribution < 1.29 is 14.5 Å². The van der Waals surface area contributed by atoms with Gasteiger partial charge in [-0.05, 0) is 18.6 Å². The molecule has 0 bridgehead atoms. The summed E-state index contributed by atoms with van der Waals surface area (Å²) >= 11 is 0. The van der Waals surface area contributed by atoms with Crippen LogP contribution in [-0.2, 0) is 9.59 Å². The maximum Gasteiger partial charge on any atom is 0.313 e. The zero-order valence-corrected chi connectivity index (χ0v) is 10.5. The molecule has 0 atom stereocenters. The Balaban J connectivity index is 2.52. The van der Waals surface area contributed by atoms with Crippen LogP contribution in [0, 0.1) is 10.1 Å². The molecule has 2 amide bonds. The number of rotatable bonds is 5. The number of nitrogens with one attached hydrogen (secondary N) is 2. The van der Waals surface area contributed by atoms with Crippen LogP contribution in [0.2, 0.25) is 0 Å². The summed E-state index contributed by atoms with van der Waals surface area (Å²) in [6.07, 6.45) is 1.72. The Morgan fingerprint density at radius 2 is 1.84 bits per heavy atom. The smallest absolute Gasteiger partial charge is 0.313 e. The van der Waals surface area contributed by atoms with E-state index in [1.54, 1.807) is 0 Å². The minimum absolute atomic E-state index is 0.0783. The topological polar surface area (TPSA) is 101 Å². The summed E-state index contributed by atoms with van der Waals surface area (Å²) in [5, 5.41) is 15.3. The minimum Gasteiger partial charge on any atom is -0.348 e. The first kappa shape index (κ1) is 14.6. The Morgan fingerprint density at radius 3 is 2.37 bits per heavy atom. The van der Waals surface area contributed by atoms with Crippen LogP contribution >= 0.6 is 0 Å². The van der Waals surface area contributed by atoms with E-state index in [1.165, 1.54) is 24.3 Å². The number of nitrogens with zero attached hydrogens (tertiary/aromatic N) is 1. The van der Waals surface area contributed by atoms with Crippen LogP contribution in [0.4, 0.5) is 11.4 Å². The summed E-state index contributed by atoms with van der Waals surface area (Å²) in [5.41, 5.74) is 0.256. The molecule has 0 aromatic heterocycles. The molecule has 0 saturated heterocycles. The van der Waals surface area contributed by atoms with Crippen molar-refractivity contribution >= 4 is 23.2 Å². The van der Waals surface area contributed by atoms with Gasteiger partial charge in [-0.25, -0.2) is 0 Å². The highest BCUT2D eigenvalue weighted by Crippen LogP contribution is 2.15. The zero-order valence-electron chi connectivity index (χ0n) is 10.5. The van der Waals surface area contributed by atoms with Crippen LogP contribution in [-0.4, -0.2) is 23.3 Å². The second-order valence-electron chi connectivity index (χ2n) is 3.87. The van der Waals surface area contributed by atoms with Gasteiger partial charge in [0, 0.05) is 24.4 Å². The fraction of sp³-hybridized carbons (Fsp3) is 0.333. The van der Waals surface area contributed by atoms with Gasteiger partial charge in [-0.2, -0.15) is 0 Å². The molecular formula is C12H15N3O4. The molecule has 7 heteroatoms. The van der Waals surface area contributed by atoms with E-state index in [9.17, 15) is 19.7 Å². The summed E-state index contributed by atoms with van der Waals surface area (Å²) in [7, 11) is 0. The number of amides is 2. The summed E-state index contributed by atoms with van der Waals surface area (Å²) in [5.74, 6) is -1.50. The largest absolute Gasteiger partial charge is 0.348 e. The highest BCUT2D eigenvalue weighted by atomic mass is 16.6. The van der Waals surface area contributed by atoms with Crippen LogP contribution in [0.3, 0.4) is 0 Å². The van der Waals surface area contributed by atoms with Crippen LogP contribution < -0.4 is 10.6 Å². The number of unbranched alkanes of at least 4 members (excludes halogenated alkanes) is 1. The maximum absolute atomic E-state index is 11.5. The van der Waals surface area contributed by atoms with Crippen LogP contribution in [0.25, 0.3) is 0 Å². The average molecular weight is 265 g/mol. The first-order valence-corrected chi connectivity index (χ1v) is 5.88. The highest BCUT2D eigenvalue weighted by molar-refractivity contribution is 6.39. The number of benzene rings is 1. The first-order valence-electron chi connectivity index (χ1n) is 5.88. The van der Waals surface area contributed by atoms with E-state index < -0.39 is 16.7 Å². The number of carbonyl (C=O) groups excluding carboxylic acids is 2. The van der Waals surface area contributed by atoms with E-state index in [1.807, 2.05) is 6.92 Å². The van der Waals surface area contributed by atoms with E-state index >= 15 is 0 Å². The van der Waals surface area contributed by atoms with Crippen molar-refractivity contribution in [3.8, 4) is 0 Å². The molecule has 1 rings (SSSR count). The Hall–Kier alpha value is -2.44. The second-order valence-corrected chi connectivity index (χ2v) is 3.87. The molecule has 0 heterocycles. The molecule has 0 aliphatic rings. The lowest BCUT2D eigenvalue weighted by Gasteiger charge is -2.05. The normalized spacial score (nSPS) is 9.74. The van der Waals surface area contributed by atoms with Gasteiger partial charge < -0.3 is 10.6 Å². The number of carbonyl (C=O) groups is 2. The predicted molar refractivity (Wildman–Crippen MR) is 69.6 cm³/mol. The van der Waals surface area contributed by atoms with Crippen molar-refractivity contribution in [1.82, 2.24) is 5.32 Å². The lowest BCUT2D eigenvalue weighted by atomic mass is 10.3. The number of nitro benzene ring substituents is 1. The lowest BCUT2D eigenvalue weighted by molar-refractivity contribution is -0.384. The quantitative estimate of drug-likeness (QED) is 0.364. The fourth-order valence-electron chi connectivity index (χ4n) is 1.31. The summed E-state index contributed by atoms with van der Waals surface area (Å²) in [6, 6.07) is 5.25. The molecule has 102 valence electrons. The molecule has 0 saturated carbocycles. The van der Waals surface area contributed by atoms with Crippen LogP contribution in [0.1, 0.15) is 19.8 Å². The number of nitro groups is 1. The fourth-order valence-corrected chi connectivity index (χ4v) is 1.31. The van der Waals surface area contributed by atoms with Crippen molar-refractivity contribution in [1.29, 1.82) is 0 Å². The summed E-state index contributed by atoms with van der Waals surface area (Å²) < 4.78 is 0. The standard InChI is InChI=1S/C12H15N3O4/c1-2-3-8-13-11(16)12(17)14-9-4-6-10(7-5-9)15(18)19/h4-7H,2-3,8H2,1H3,(H,13,16)(H,14,17). The monoisotopic (exact) mass is 265 g/mol. The molecule has 7 nitrogen and oxygen atoms in total. The van der Waals surface area contributed by atoms with Gasteiger partial charge in [-0.1, -0.05) is 13.3 Å². The van der Waals surface area contributed by atoms with Crippen LogP contribution in [0.5, 0.6) is 0 Å². The molecule has 2 N–H and O–H groups in total. The Kier molecular flexibility index (Phi) is 5.46. The molecule has 1 aromatic rings. The van der Waals surface area contributed by atoms with Gasteiger partial charge in [0.1, 0.15) is 0 Å². The van der Waals surface area contributed by atoms with Gasteiger partial charge in [0.25, 0.3) is 5.69 Å². The first-order chi connectivity index (χ1) is 9.04. The average Bonchev–Trinajstić information content (AvgIpc) is 2.39. The van der Waals surface area contributed by atoms with Gasteiger partial charge >= 0.3 is 11.8 Å². The van der Waals surface area contributed by atoms with E-state index in [-0.39, 0.29) is 5.69 Å². The Labute approximate surface area is 110 Å². The maximum atomic E-state index is 11.5. The third-order valence-electron chi connectivity index (χ3n) is 2.36. The van der Waals surface area contributed by atoms with Crippen molar-refractivity contribution in [3.05, 3.63) is 34.4 Å². The summed E-state index contributed by atoms with van der Waals surface area (Å²) in [4.78, 5) is 32.7. The Bertz CT molecular complexity index is 470. The van der Waals surface area contributed by atoms with Crippen LogP contribution in [0.15, 0.2) is 24.3 Å². The molecule has 0 aliphatic heterocycles. The highest BCUT2D eigenvalue weighted by Gasteiger charge is 2.13. The molecule has 0 aliphatic carbocycles. The van der Waals surface area contributed by atoms with E-state index in [0.29, 0.717) is 12.2 Å². The Morgan fingerprint density at radius 1 is 1.21 bits per heavy atom. The third kappa shape index (κ3) is 4.74. The SMILES string of the molecule is CCCCNC(=O)C(=O)Nc1ccc([N+](=O)[O-])cc1. The molecule has 19 heavy (non-hydrogen) atoms. The molecule has 0 unspecified atom stereocenters. The predicted octanol–water partition coefficient (Wildman–Crippen LogP) is 1.45. The van der Waals surface area contributed by atoms with E-state index in [0.717, 1.165) is 12.8 Å². The third-order valence-corrected chi connectivity index (χ3v) is 2.36. The van der Waals surface area contributed by atoms with Gasteiger partial charge in [0.2, 0.25) is 0 Å². The molecule has 0 radical (unpaired) electrons. The molecule has 0 spiro atoms. The van der Waals surface area contributed by atoms with Crippen molar-refractivity contribution in [2.75, 3.05) is 11.9 Å². The molecule has 0 fully saturated rings. The number of anilines is 1. The number of hydrogen-bond donors (Lipinski definition) is 2. The second kappa shape index (κ2) is 7.10. The molecule has 1 aromatic carbocycles. The van der Waals surface area contributed by atoms with Crippen molar-refractivity contribution in [3.63, 3.8) is 0 Å². The van der Waals surface area contributed by atoms with E-state index in [4.69, 9.17) is 0 Å². The summed E-state index contributed by atoms with van der Waals surface area (Å²) in [6.45, 7) is 2.42. The lowest BCUT2D eigenvalue weighted by Crippen LogP contribution is -2.35. The number of non-ortho nitro benzene ring substituents is 1. The minimum atomic E-state index is -0.787. The van der Waals surface area contributed by atoms with Gasteiger partial charge in [0.15, 0.2) is 0 Å². The molecular weight excluding hydrogens is 250 g/mol. The van der Waals surface area contributed by atoms with Gasteiger partial charge in [-0.3, -0.25) is 19.7 Å². The van der Waals surface area contributed by atoms with Gasteiger partial charge in [-0.15, -0.1) is 0 Å².